The predicted octanol–water partition coefficient (Wildman–Crippen LogP) is 3.87. The fourth-order valence-electron chi connectivity index (χ4n) is 2.83. The molecule has 1 N–H and O–H groups in total. The molecule has 0 spiro atoms. The Hall–Kier alpha value is -1.76. The van der Waals surface area contributed by atoms with E-state index in [2.05, 4.69) is 0 Å². The van der Waals surface area contributed by atoms with Gasteiger partial charge in [-0.15, -0.1) is 0 Å². The van der Waals surface area contributed by atoms with Crippen LogP contribution in [0, 0.1) is 5.92 Å². The van der Waals surface area contributed by atoms with Crippen molar-refractivity contribution < 1.29 is 27.8 Å². The van der Waals surface area contributed by atoms with Crippen molar-refractivity contribution in [3.63, 3.8) is 0 Å². The molecule has 1 aliphatic heterocycles. The van der Waals surface area contributed by atoms with E-state index < -0.39 is 29.5 Å². The molecule has 0 saturated carbocycles. The molecule has 1 heterocycles. The summed E-state index contributed by atoms with van der Waals surface area (Å²) in [7, 11) is 0. The van der Waals surface area contributed by atoms with E-state index in [0.717, 1.165) is 12.1 Å². The van der Waals surface area contributed by atoms with Crippen molar-refractivity contribution in [1.82, 2.24) is 4.90 Å². The predicted molar refractivity (Wildman–Crippen MR) is 87.1 cm³/mol. The molecule has 1 aromatic carbocycles. The molecule has 25 heavy (non-hydrogen) atoms. The summed E-state index contributed by atoms with van der Waals surface area (Å²) in [6.07, 6.45) is -4.59. The molecule has 1 aromatic rings. The highest BCUT2D eigenvalue weighted by Crippen LogP contribution is 2.30. The van der Waals surface area contributed by atoms with Crippen LogP contribution < -0.4 is 0 Å². The first-order valence-electron chi connectivity index (χ1n) is 8.28. The van der Waals surface area contributed by atoms with E-state index in [1.807, 2.05) is 0 Å². The highest BCUT2D eigenvalue weighted by atomic mass is 19.4. The van der Waals surface area contributed by atoms with Crippen LogP contribution in [0.2, 0.25) is 0 Å². The van der Waals surface area contributed by atoms with Crippen molar-refractivity contribution in [2.75, 3.05) is 13.1 Å². The maximum absolute atomic E-state index is 12.6. The van der Waals surface area contributed by atoms with Crippen LogP contribution in [0.25, 0.3) is 0 Å². The van der Waals surface area contributed by atoms with Gasteiger partial charge in [0.1, 0.15) is 5.60 Å². The Morgan fingerprint density at radius 2 is 1.88 bits per heavy atom. The number of aliphatic hydroxyl groups excluding tert-OH is 1. The minimum absolute atomic E-state index is 0.116. The molecule has 0 radical (unpaired) electrons. The Morgan fingerprint density at radius 1 is 1.28 bits per heavy atom. The van der Waals surface area contributed by atoms with Gasteiger partial charge in [0.05, 0.1) is 11.7 Å². The SMILES string of the molecule is CC(C)(C)OC(=O)N1CCC(C(O)Cc2ccc(C(F)(F)F)cc2)C1. The lowest BCUT2D eigenvalue weighted by atomic mass is 9.95. The van der Waals surface area contributed by atoms with Crippen LogP contribution in [-0.2, 0) is 17.3 Å². The van der Waals surface area contributed by atoms with E-state index in [4.69, 9.17) is 4.74 Å². The average molecular weight is 359 g/mol. The number of rotatable bonds is 3. The second kappa shape index (κ2) is 7.23. The van der Waals surface area contributed by atoms with Gasteiger partial charge in [-0.3, -0.25) is 0 Å². The van der Waals surface area contributed by atoms with Crippen LogP contribution in [0.3, 0.4) is 0 Å². The van der Waals surface area contributed by atoms with Gasteiger partial charge in [-0.05, 0) is 51.3 Å². The van der Waals surface area contributed by atoms with Gasteiger partial charge in [0.15, 0.2) is 0 Å². The maximum Gasteiger partial charge on any atom is 0.416 e. The van der Waals surface area contributed by atoms with Crippen LogP contribution in [0.4, 0.5) is 18.0 Å². The molecule has 1 saturated heterocycles. The van der Waals surface area contributed by atoms with Gasteiger partial charge in [0.25, 0.3) is 0 Å². The summed E-state index contributed by atoms with van der Waals surface area (Å²) < 4.78 is 43.0. The molecular formula is C18H24F3NO3. The molecule has 4 nitrogen and oxygen atoms in total. The third-order valence-electron chi connectivity index (χ3n) is 4.15. The molecule has 1 fully saturated rings. The van der Waals surface area contributed by atoms with Crippen molar-refractivity contribution >= 4 is 6.09 Å². The highest BCUT2D eigenvalue weighted by Gasteiger charge is 2.34. The third-order valence-corrected chi connectivity index (χ3v) is 4.15. The molecule has 0 aliphatic carbocycles. The molecule has 7 heteroatoms. The molecule has 0 aromatic heterocycles. The zero-order chi connectivity index (χ0) is 18.8. The molecule has 2 atom stereocenters. The van der Waals surface area contributed by atoms with Crippen LogP contribution in [-0.4, -0.2) is 40.9 Å². The van der Waals surface area contributed by atoms with Gasteiger partial charge < -0.3 is 14.7 Å². The Bertz CT molecular complexity index is 593. The standard InChI is InChI=1S/C18H24F3NO3/c1-17(2,3)25-16(24)22-9-8-13(11-22)15(23)10-12-4-6-14(7-5-12)18(19,20)21/h4-7,13,15,23H,8-11H2,1-3H3. The quantitative estimate of drug-likeness (QED) is 0.891. The molecule has 1 amide bonds. The first-order valence-corrected chi connectivity index (χ1v) is 8.28. The van der Waals surface area contributed by atoms with Gasteiger partial charge in [-0.25, -0.2) is 4.79 Å². The molecule has 1 aliphatic rings. The molecule has 2 rings (SSSR count). The van der Waals surface area contributed by atoms with Gasteiger partial charge in [0, 0.05) is 19.0 Å². The number of carbonyl (C=O) groups is 1. The monoisotopic (exact) mass is 359 g/mol. The number of benzene rings is 1. The van der Waals surface area contributed by atoms with Gasteiger partial charge in [-0.2, -0.15) is 13.2 Å². The molecule has 140 valence electrons. The van der Waals surface area contributed by atoms with E-state index in [-0.39, 0.29) is 12.3 Å². The number of halogens is 3. The number of ether oxygens (including phenoxy) is 1. The summed E-state index contributed by atoms with van der Waals surface area (Å²) in [5.41, 5.74) is -0.646. The minimum Gasteiger partial charge on any atom is -0.444 e. The van der Waals surface area contributed by atoms with Crippen molar-refractivity contribution in [3.8, 4) is 0 Å². The Morgan fingerprint density at radius 3 is 2.40 bits per heavy atom. The van der Waals surface area contributed by atoms with Crippen molar-refractivity contribution in [2.24, 2.45) is 5.92 Å². The Labute approximate surface area is 145 Å². The highest BCUT2D eigenvalue weighted by molar-refractivity contribution is 5.68. The normalized spacial score (nSPS) is 19.8. The maximum atomic E-state index is 12.6. The van der Waals surface area contributed by atoms with Gasteiger partial charge in [0.2, 0.25) is 0 Å². The number of aliphatic hydroxyl groups is 1. The smallest absolute Gasteiger partial charge is 0.416 e. The van der Waals surface area contributed by atoms with Crippen LogP contribution >= 0.6 is 0 Å². The lowest BCUT2D eigenvalue weighted by molar-refractivity contribution is -0.137. The number of nitrogens with zero attached hydrogens (tertiary/aromatic N) is 1. The fourth-order valence-corrected chi connectivity index (χ4v) is 2.83. The number of hydrogen-bond acceptors (Lipinski definition) is 3. The molecule has 0 bridgehead atoms. The van der Waals surface area contributed by atoms with E-state index >= 15 is 0 Å². The van der Waals surface area contributed by atoms with E-state index in [1.54, 1.807) is 25.7 Å². The molecular weight excluding hydrogens is 335 g/mol. The Balaban J connectivity index is 1.90. The summed E-state index contributed by atoms with van der Waals surface area (Å²) >= 11 is 0. The lowest BCUT2D eigenvalue weighted by Gasteiger charge is -2.25. The number of hydrogen-bond donors (Lipinski definition) is 1. The number of amides is 1. The third kappa shape index (κ3) is 5.63. The van der Waals surface area contributed by atoms with Crippen molar-refractivity contribution in [3.05, 3.63) is 35.4 Å². The first-order chi connectivity index (χ1) is 11.5. The largest absolute Gasteiger partial charge is 0.444 e. The van der Waals surface area contributed by atoms with Gasteiger partial charge >= 0.3 is 12.3 Å². The lowest BCUT2D eigenvalue weighted by Crippen LogP contribution is -2.36. The first kappa shape index (κ1) is 19.6. The fraction of sp³-hybridized carbons (Fsp3) is 0.611. The summed E-state index contributed by atoms with van der Waals surface area (Å²) in [6, 6.07) is 4.80. The number of carbonyl (C=O) groups excluding carboxylic acids is 1. The van der Waals surface area contributed by atoms with E-state index in [9.17, 15) is 23.1 Å². The van der Waals surface area contributed by atoms with E-state index in [0.29, 0.717) is 25.1 Å². The summed E-state index contributed by atoms with van der Waals surface area (Å²) in [5, 5.41) is 10.4. The second-order valence-electron chi connectivity index (χ2n) is 7.44. The summed E-state index contributed by atoms with van der Waals surface area (Å²) in [5.74, 6) is -0.116. The zero-order valence-corrected chi connectivity index (χ0v) is 14.6. The topological polar surface area (TPSA) is 49.8 Å². The van der Waals surface area contributed by atoms with Crippen LogP contribution in [0.1, 0.15) is 38.3 Å². The summed E-state index contributed by atoms with van der Waals surface area (Å²) in [4.78, 5) is 13.6. The minimum atomic E-state index is -4.36. The van der Waals surface area contributed by atoms with Crippen molar-refractivity contribution in [2.45, 2.75) is 51.5 Å². The number of likely N-dealkylation sites (tertiary alicyclic amines) is 1. The molecule has 2 unspecified atom stereocenters. The van der Waals surface area contributed by atoms with Crippen LogP contribution in [0.5, 0.6) is 0 Å². The number of alkyl halides is 3. The van der Waals surface area contributed by atoms with Crippen LogP contribution in [0.15, 0.2) is 24.3 Å². The van der Waals surface area contributed by atoms with Gasteiger partial charge in [-0.1, -0.05) is 12.1 Å². The van der Waals surface area contributed by atoms with Crippen molar-refractivity contribution in [1.29, 1.82) is 0 Å². The second-order valence-corrected chi connectivity index (χ2v) is 7.44. The summed E-state index contributed by atoms with van der Waals surface area (Å²) in [6.45, 7) is 6.26. The zero-order valence-electron chi connectivity index (χ0n) is 14.6. The van der Waals surface area contributed by atoms with E-state index in [1.165, 1.54) is 12.1 Å². The Kier molecular flexibility index (Phi) is 5.66. The average Bonchev–Trinajstić information content (AvgIpc) is 2.95.